The number of aliphatic hydroxyl groups is 1. The molecule has 1 heterocycles. The Morgan fingerprint density at radius 3 is 2.60 bits per heavy atom. The number of piperidine rings is 1. The maximum atomic E-state index is 10.5. The first-order chi connectivity index (χ1) is 6.92. The molecular weight excluding hydrogens is 186 g/mol. The van der Waals surface area contributed by atoms with Crippen molar-refractivity contribution in [3.05, 3.63) is 0 Å². The fraction of sp³-hybridized carbons (Fsp3) is 1.00. The first-order valence-electron chi connectivity index (χ1n) is 6.39. The average Bonchev–Trinajstić information content (AvgIpc) is 2.14. The van der Waals surface area contributed by atoms with Gasteiger partial charge in [-0.05, 0) is 40.0 Å². The molecule has 1 saturated heterocycles. The summed E-state index contributed by atoms with van der Waals surface area (Å²) in [6.07, 6.45) is 5.78. The molecule has 2 nitrogen and oxygen atoms in total. The van der Waals surface area contributed by atoms with Crippen LogP contribution in [0.3, 0.4) is 0 Å². The van der Waals surface area contributed by atoms with Gasteiger partial charge in [0.05, 0.1) is 5.60 Å². The average molecular weight is 211 g/mol. The lowest BCUT2D eigenvalue weighted by Gasteiger charge is -2.51. The van der Waals surface area contributed by atoms with Crippen LogP contribution in [0.5, 0.6) is 0 Å². The molecule has 2 atom stereocenters. The maximum absolute atomic E-state index is 10.5. The van der Waals surface area contributed by atoms with Gasteiger partial charge in [0, 0.05) is 24.5 Å². The third-order valence-corrected chi connectivity index (χ3v) is 4.38. The predicted octanol–water partition coefficient (Wildman–Crippen LogP) is 2.41. The van der Waals surface area contributed by atoms with E-state index in [0.29, 0.717) is 5.92 Å². The van der Waals surface area contributed by atoms with Gasteiger partial charge in [-0.15, -0.1) is 0 Å². The summed E-state index contributed by atoms with van der Waals surface area (Å²) in [6.45, 7) is 9.00. The lowest BCUT2D eigenvalue weighted by molar-refractivity contribution is -0.110. The summed E-state index contributed by atoms with van der Waals surface area (Å²) in [5.41, 5.74) is -0.0568. The molecule has 1 aliphatic carbocycles. The molecule has 0 aromatic rings. The smallest absolute Gasteiger partial charge is 0.0700 e. The highest BCUT2D eigenvalue weighted by atomic mass is 16.3. The number of hydrogen-bond acceptors (Lipinski definition) is 2. The Morgan fingerprint density at radius 1 is 1.20 bits per heavy atom. The summed E-state index contributed by atoms with van der Waals surface area (Å²) in [5.74, 6) is 0.527. The second kappa shape index (κ2) is 3.74. The van der Waals surface area contributed by atoms with Gasteiger partial charge in [-0.25, -0.2) is 0 Å². The van der Waals surface area contributed by atoms with Gasteiger partial charge in [-0.2, -0.15) is 0 Å². The Hall–Kier alpha value is -0.0800. The van der Waals surface area contributed by atoms with E-state index in [0.717, 1.165) is 25.9 Å². The van der Waals surface area contributed by atoms with Crippen LogP contribution in [0.2, 0.25) is 0 Å². The lowest BCUT2D eigenvalue weighted by Crippen LogP contribution is -2.57. The second-order valence-corrected chi connectivity index (χ2v) is 6.41. The molecule has 0 aromatic heterocycles. The monoisotopic (exact) mass is 211 g/mol. The molecule has 0 bridgehead atoms. The molecule has 0 amide bonds. The molecule has 2 rings (SSSR count). The van der Waals surface area contributed by atoms with Crippen molar-refractivity contribution in [2.75, 3.05) is 13.1 Å². The fourth-order valence-electron chi connectivity index (χ4n) is 3.18. The SMILES string of the molecule is CC(C)(C)N1CCC2(O)CCCCC2C1. The molecule has 1 saturated carbocycles. The highest BCUT2D eigenvalue weighted by Gasteiger charge is 2.44. The number of likely N-dealkylation sites (tertiary alicyclic amines) is 1. The van der Waals surface area contributed by atoms with Crippen molar-refractivity contribution in [1.82, 2.24) is 4.90 Å². The van der Waals surface area contributed by atoms with E-state index in [9.17, 15) is 5.11 Å². The molecule has 0 aromatic carbocycles. The topological polar surface area (TPSA) is 23.5 Å². The molecular formula is C13H25NO. The Morgan fingerprint density at radius 2 is 1.93 bits per heavy atom. The zero-order chi connectivity index (χ0) is 11.1. The van der Waals surface area contributed by atoms with Crippen LogP contribution in [0.4, 0.5) is 0 Å². The molecule has 0 radical (unpaired) electrons. The summed E-state index contributed by atoms with van der Waals surface area (Å²) in [4.78, 5) is 2.54. The van der Waals surface area contributed by atoms with Crippen LogP contribution in [0, 0.1) is 5.92 Å². The Bertz CT molecular complexity index is 233. The predicted molar refractivity (Wildman–Crippen MR) is 62.9 cm³/mol. The molecule has 15 heavy (non-hydrogen) atoms. The first kappa shape index (κ1) is 11.4. The zero-order valence-corrected chi connectivity index (χ0v) is 10.4. The van der Waals surface area contributed by atoms with Gasteiger partial charge in [0.2, 0.25) is 0 Å². The van der Waals surface area contributed by atoms with Gasteiger partial charge in [-0.3, -0.25) is 4.90 Å². The van der Waals surface area contributed by atoms with Crippen molar-refractivity contribution < 1.29 is 5.11 Å². The van der Waals surface area contributed by atoms with Gasteiger partial charge in [0.1, 0.15) is 0 Å². The van der Waals surface area contributed by atoms with Crippen molar-refractivity contribution >= 4 is 0 Å². The highest BCUT2D eigenvalue weighted by molar-refractivity contribution is 4.97. The third-order valence-electron chi connectivity index (χ3n) is 4.38. The number of hydrogen-bond donors (Lipinski definition) is 1. The molecule has 2 unspecified atom stereocenters. The van der Waals surface area contributed by atoms with Gasteiger partial charge in [-0.1, -0.05) is 12.8 Å². The fourth-order valence-corrected chi connectivity index (χ4v) is 3.18. The van der Waals surface area contributed by atoms with Crippen LogP contribution in [0.1, 0.15) is 52.9 Å². The van der Waals surface area contributed by atoms with Gasteiger partial charge in [0.25, 0.3) is 0 Å². The van der Waals surface area contributed by atoms with Crippen molar-refractivity contribution in [3.63, 3.8) is 0 Å². The van der Waals surface area contributed by atoms with E-state index in [2.05, 4.69) is 25.7 Å². The van der Waals surface area contributed by atoms with Gasteiger partial charge >= 0.3 is 0 Å². The van der Waals surface area contributed by atoms with Crippen molar-refractivity contribution in [2.24, 2.45) is 5.92 Å². The minimum absolute atomic E-state index is 0.263. The molecule has 2 fully saturated rings. The van der Waals surface area contributed by atoms with Crippen LogP contribution < -0.4 is 0 Å². The van der Waals surface area contributed by atoms with E-state index in [-0.39, 0.29) is 11.1 Å². The van der Waals surface area contributed by atoms with E-state index >= 15 is 0 Å². The minimum atomic E-state index is -0.319. The lowest BCUT2D eigenvalue weighted by atomic mass is 9.70. The first-order valence-corrected chi connectivity index (χ1v) is 6.39. The number of fused-ring (bicyclic) bond motifs is 1. The van der Waals surface area contributed by atoms with E-state index in [1.807, 2.05) is 0 Å². The molecule has 88 valence electrons. The normalized spacial score (nSPS) is 38.8. The van der Waals surface area contributed by atoms with E-state index < -0.39 is 0 Å². The highest BCUT2D eigenvalue weighted by Crippen LogP contribution is 2.41. The van der Waals surface area contributed by atoms with Crippen LogP contribution in [-0.2, 0) is 0 Å². The molecule has 1 aliphatic heterocycles. The third kappa shape index (κ3) is 2.21. The van der Waals surface area contributed by atoms with Crippen LogP contribution in [0.15, 0.2) is 0 Å². The maximum Gasteiger partial charge on any atom is 0.0700 e. The molecule has 1 N–H and O–H groups in total. The van der Waals surface area contributed by atoms with Gasteiger partial charge < -0.3 is 5.11 Å². The standard InChI is InChI=1S/C13H25NO/c1-12(2,3)14-9-8-13(15)7-5-4-6-11(13)10-14/h11,15H,4-10H2,1-3H3. The summed E-state index contributed by atoms with van der Waals surface area (Å²) in [7, 11) is 0. The molecule has 2 aliphatic rings. The Labute approximate surface area is 93.7 Å². The summed E-state index contributed by atoms with van der Waals surface area (Å²) in [5, 5.41) is 10.5. The van der Waals surface area contributed by atoms with Crippen molar-refractivity contribution in [3.8, 4) is 0 Å². The van der Waals surface area contributed by atoms with E-state index in [1.54, 1.807) is 0 Å². The number of rotatable bonds is 0. The summed E-state index contributed by atoms with van der Waals surface area (Å²) < 4.78 is 0. The minimum Gasteiger partial charge on any atom is -0.390 e. The Balaban J connectivity index is 2.05. The Kier molecular flexibility index (Phi) is 2.85. The number of nitrogens with zero attached hydrogens (tertiary/aromatic N) is 1. The summed E-state index contributed by atoms with van der Waals surface area (Å²) in [6, 6.07) is 0. The van der Waals surface area contributed by atoms with Crippen molar-refractivity contribution in [1.29, 1.82) is 0 Å². The zero-order valence-electron chi connectivity index (χ0n) is 10.4. The van der Waals surface area contributed by atoms with Gasteiger partial charge in [0.15, 0.2) is 0 Å². The quantitative estimate of drug-likeness (QED) is 0.665. The van der Waals surface area contributed by atoms with Crippen LogP contribution >= 0.6 is 0 Å². The van der Waals surface area contributed by atoms with Crippen LogP contribution in [0.25, 0.3) is 0 Å². The largest absolute Gasteiger partial charge is 0.390 e. The van der Waals surface area contributed by atoms with Crippen LogP contribution in [-0.4, -0.2) is 34.2 Å². The van der Waals surface area contributed by atoms with E-state index in [4.69, 9.17) is 0 Å². The molecule has 2 heteroatoms. The second-order valence-electron chi connectivity index (χ2n) is 6.41. The summed E-state index contributed by atoms with van der Waals surface area (Å²) >= 11 is 0. The van der Waals surface area contributed by atoms with E-state index in [1.165, 1.54) is 19.3 Å². The molecule has 0 spiro atoms. The van der Waals surface area contributed by atoms with Crippen molar-refractivity contribution in [2.45, 2.75) is 64.0 Å².